The SMILES string of the molecule is Cc1noc(CCNc2ccc(C(=O)O)cc2Br)n1. The number of carboxylic acids is 1. The number of rotatable bonds is 5. The minimum absolute atomic E-state index is 0.241. The molecule has 1 aromatic carbocycles. The molecule has 0 saturated heterocycles. The van der Waals surface area contributed by atoms with E-state index in [1.54, 1.807) is 25.1 Å². The Bertz CT molecular complexity index is 598. The first-order valence-electron chi connectivity index (χ1n) is 5.62. The highest BCUT2D eigenvalue weighted by atomic mass is 79.9. The number of hydrogen-bond donors (Lipinski definition) is 2. The van der Waals surface area contributed by atoms with E-state index in [2.05, 4.69) is 31.4 Å². The van der Waals surface area contributed by atoms with Crippen LogP contribution in [0.15, 0.2) is 27.2 Å². The fourth-order valence-corrected chi connectivity index (χ4v) is 2.06. The number of anilines is 1. The Morgan fingerprint density at radius 1 is 1.53 bits per heavy atom. The second kappa shape index (κ2) is 5.83. The van der Waals surface area contributed by atoms with Crippen molar-refractivity contribution in [3.63, 3.8) is 0 Å². The Hall–Kier alpha value is -1.89. The lowest BCUT2D eigenvalue weighted by atomic mass is 10.2. The van der Waals surface area contributed by atoms with E-state index < -0.39 is 5.97 Å². The number of nitrogens with zero attached hydrogens (tertiary/aromatic N) is 2. The van der Waals surface area contributed by atoms with Gasteiger partial charge in [-0.2, -0.15) is 4.98 Å². The zero-order valence-corrected chi connectivity index (χ0v) is 11.8. The predicted molar refractivity (Wildman–Crippen MR) is 72.3 cm³/mol. The van der Waals surface area contributed by atoms with Crippen LogP contribution in [-0.4, -0.2) is 27.8 Å². The largest absolute Gasteiger partial charge is 0.478 e. The lowest BCUT2D eigenvalue weighted by Crippen LogP contribution is -2.06. The third-order valence-corrected chi connectivity index (χ3v) is 3.10. The molecule has 2 N–H and O–H groups in total. The number of aromatic carboxylic acids is 1. The first-order chi connectivity index (χ1) is 9.06. The minimum atomic E-state index is -0.950. The quantitative estimate of drug-likeness (QED) is 0.878. The van der Waals surface area contributed by atoms with Crippen LogP contribution in [0.3, 0.4) is 0 Å². The van der Waals surface area contributed by atoms with Gasteiger partial charge in [-0.05, 0) is 41.1 Å². The van der Waals surface area contributed by atoms with Gasteiger partial charge in [0.1, 0.15) is 0 Å². The molecule has 1 heterocycles. The van der Waals surface area contributed by atoms with Crippen LogP contribution < -0.4 is 5.32 Å². The van der Waals surface area contributed by atoms with E-state index >= 15 is 0 Å². The van der Waals surface area contributed by atoms with Gasteiger partial charge in [0.05, 0.1) is 5.56 Å². The maximum Gasteiger partial charge on any atom is 0.335 e. The van der Waals surface area contributed by atoms with Crippen LogP contribution >= 0.6 is 15.9 Å². The van der Waals surface area contributed by atoms with Crippen LogP contribution in [0.25, 0.3) is 0 Å². The van der Waals surface area contributed by atoms with E-state index in [-0.39, 0.29) is 5.56 Å². The van der Waals surface area contributed by atoms with Crippen molar-refractivity contribution >= 4 is 27.6 Å². The number of benzene rings is 1. The summed E-state index contributed by atoms with van der Waals surface area (Å²) < 4.78 is 5.70. The maximum atomic E-state index is 10.8. The number of nitrogens with one attached hydrogen (secondary N) is 1. The van der Waals surface area contributed by atoms with E-state index in [4.69, 9.17) is 9.63 Å². The van der Waals surface area contributed by atoms with Gasteiger partial charge in [0.2, 0.25) is 5.89 Å². The van der Waals surface area contributed by atoms with Crippen molar-refractivity contribution in [2.45, 2.75) is 13.3 Å². The van der Waals surface area contributed by atoms with E-state index in [1.807, 2.05) is 0 Å². The van der Waals surface area contributed by atoms with Gasteiger partial charge in [-0.15, -0.1) is 0 Å². The van der Waals surface area contributed by atoms with Crippen LogP contribution in [0, 0.1) is 6.92 Å². The van der Waals surface area contributed by atoms with Gasteiger partial charge in [-0.1, -0.05) is 5.16 Å². The van der Waals surface area contributed by atoms with Crippen molar-refractivity contribution in [3.8, 4) is 0 Å². The Kier molecular flexibility index (Phi) is 4.16. The first-order valence-corrected chi connectivity index (χ1v) is 6.41. The molecule has 0 unspecified atom stereocenters. The van der Waals surface area contributed by atoms with E-state index in [9.17, 15) is 4.79 Å². The van der Waals surface area contributed by atoms with Crippen LogP contribution in [0.1, 0.15) is 22.1 Å². The Morgan fingerprint density at radius 3 is 2.89 bits per heavy atom. The lowest BCUT2D eigenvalue weighted by molar-refractivity contribution is 0.0697. The molecule has 1 aromatic heterocycles. The van der Waals surface area contributed by atoms with Gasteiger partial charge in [-0.25, -0.2) is 4.79 Å². The molecule has 7 heteroatoms. The normalized spacial score (nSPS) is 10.4. The average molecular weight is 326 g/mol. The van der Waals surface area contributed by atoms with Gasteiger partial charge in [0, 0.05) is 23.1 Å². The minimum Gasteiger partial charge on any atom is -0.478 e. The molecule has 2 aromatic rings. The van der Waals surface area contributed by atoms with Crippen LogP contribution in [-0.2, 0) is 6.42 Å². The van der Waals surface area contributed by atoms with E-state index in [0.29, 0.717) is 29.2 Å². The first kappa shape index (κ1) is 13.5. The molecule has 0 spiro atoms. The van der Waals surface area contributed by atoms with Crippen molar-refractivity contribution in [1.29, 1.82) is 0 Å². The molecular weight excluding hydrogens is 314 g/mol. The standard InChI is InChI=1S/C12H12BrN3O3/c1-7-15-11(19-16-7)4-5-14-10-3-2-8(12(17)18)6-9(10)13/h2-3,6,14H,4-5H2,1H3,(H,17,18). The highest BCUT2D eigenvalue weighted by molar-refractivity contribution is 9.10. The van der Waals surface area contributed by atoms with Crippen LogP contribution in [0.4, 0.5) is 5.69 Å². The predicted octanol–water partition coefficient (Wildman–Crippen LogP) is 2.49. The summed E-state index contributed by atoms with van der Waals surface area (Å²) >= 11 is 3.33. The topological polar surface area (TPSA) is 88.2 Å². The molecule has 0 fully saturated rings. The number of aromatic nitrogens is 2. The molecule has 19 heavy (non-hydrogen) atoms. The van der Waals surface area contributed by atoms with Crippen LogP contribution in [0.5, 0.6) is 0 Å². The third-order valence-electron chi connectivity index (χ3n) is 2.44. The van der Waals surface area contributed by atoms with Gasteiger partial charge in [0.25, 0.3) is 0 Å². The highest BCUT2D eigenvalue weighted by Gasteiger charge is 2.07. The van der Waals surface area contributed by atoms with Crippen molar-refractivity contribution in [2.24, 2.45) is 0 Å². The number of hydrogen-bond acceptors (Lipinski definition) is 5. The number of carboxylic acid groups (broad SMARTS) is 1. The smallest absolute Gasteiger partial charge is 0.335 e. The molecule has 0 saturated carbocycles. The number of carbonyl (C=O) groups is 1. The van der Waals surface area contributed by atoms with Gasteiger partial charge in [-0.3, -0.25) is 0 Å². The number of halogens is 1. The summed E-state index contributed by atoms with van der Waals surface area (Å²) in [5.41, 5.74) is 1.06. The van der Waals surface area contributed by atoms with Crippen molar-refractivity contribution in [1.82, 2.24) is 10.1 Å². The summed E-state index contributed by atoms with van der Waals surface area (Å²) in [6.45, 7) is 2.38. The molecule has 0 aliphatic rings. The fourth-order valence-electron chi connectivity index (χ4n) is 1.54. The second-order valence-corrected chi connectivity index (χ2v) is 4.77. The van der Waals surface area contributed by atoms with Crippen molar-refractivity contribution < 1.29 is 14.4 Å². The summed E-state index contributed by atoms with van der Waals surface area (Å²) in [5, 5.41) is 15.7. The third kappa shape index (κ3) is 3.54. The summed E-state index contributed by atoms with van der Waals surface area (Å²) in [6, 6.07) is 4.82. The number of aryl methyl sites for hydroxylation is 1. The molecule has 0 bridgehead atoms. The summed E-state index contributed by atoms with van der Waals surface area (Å²) in [5.74, 6) is 0.235. The van der Waals surface area contributed by atoms with Crippen molar-refractivity contribution in [3.05, 3.63) is 40.0 Å². The molecule has 0 radical (unpaired) electrons. The monoisotopic (exact) mass is 325 g/mol. The highest BCUT2D eigenvalue weighted by Crippen LogP contribution is 2.23. The molecule has 0 aliphatic carbocycles. The second-order valence-electron chi connectivity index (χ2n) is 3.91. The molecule has 0 aliphatic heterocycles. The van der Waals surface area contributed by atoms with Crippen LogP contribution in [0.2, 0.25) is 0 Å². The van der Waals surface area contributed by atoms with Gasteiger partial charge >= 0.3 is 5.97 Å². The molecule has 6 nitrogen and oxygen atoms in total. The molecule has 2 rings (SSSR count). The van der Waals surface area contributed by atoms with E-state index in [0.717, 1.165) is 5.69 Å². The molecule has 0 amide bonds. The maximum absolute atomic E-state index is 10.8. The Balaban J connectivity index is 1.94. The Labute approximate surface area is 118 Å². The van der Waals surface area contributed by atoms with Gasteiger partial charge < -0.3 is 14.9 Å². The van der Waals surface area contributed by atoms with Gasteiger partial charge in [0.15, 0.2) is 5.82 Å². The average Bonchev–Trinajstić information content (AvgIpc) is 2.77. The Morgan fingerprint density at radius 2 is 2.32 bits per heavy atom. The zero-order valence-electron chi connectivity index (χ0n) is 10.2. The lowest BCUT2D eigenvalue weighted by Gasteiger charge is -2.07. The summed E-state index contributed by atoms with van der Waals surface area (Å²) in [6.07, 6.45) is 0.605. The molecular formula is C12H12BrN3O3. The molecule has 0 atom stereocenters. The summed E-state index contributed by atoms with van der Waals surface area (Å²) in [7, 11) is 0. The summed E-state index contributed by atoms with van der Waals surface area (Å²) in [4.78, 5) is 14.9. The molecule has 100 valence electrons. The zero-order chi connectivity index (χ0) is 13.8. The van der Waals surface area contributed by atoms with Crippen molar-refractivity contribution in [2.75, 3.05) is 11.9 Å². The fraction of sp³-hybridized carbons (Fsp3) is 0.250. The van der Waals surface area contributed by atoms with E-state index in [1.165, 1.54) is 0 Å².